The second-order valence-corrected chi connectivity index (χ2v) is 2.08. The molecule has 0 aromatic heterocycles. The van der Waals surface area contributed by atoms with Gasteiger partial charge in [0.1, 0.15) is 5.57 Å². The van der Waals surface area contributed by atoms with Crippen molar-refractivity contribution in [3.05, 3.63) is 12.2 Å². The number of hydrogen-bond donors (Lipinski definition) is 0. The Morgan fingerprint density at radius 1 is 1.36 bits per heavy atom. The molecule has 0 aromatic carbocycles. The van der Waals surface area contributed by atoms with E-state index in [9.17, 15) is 22.8 Å². The molecule has 0 aliphatic heterocycles. The molecule has 0 N–H and O–H groups in total. The largest absolute Gasteiger partial charge is 0.455 e. The van der Waals surface area contributed by atoms with Crippen LogP contribution < -0.4 is 0 Å². The lowest BCUT2D eigenvalue weighted by atomic mass is 10.2. The summed E-state index contributed by atoms with van der Waals surface area (Å²) >= 11 is 0. The Hall–Kier alpha value is -1.37. The van der Waals surface area contributed by atoms with Gasteiger partial charge in [0.15, 0.2) is 0 Å². The molecule has 14 heavy (non-hydrogen) atoms. The maximum atomic E-state index is 11.7. The van der Waals surface area contributed by atoms with Crippen LogP contribution in [0.15, 0.2) is 12.2 Å². The van der Waals surface area contributed by atoms with Crippen LogP contribution in [0.1, 0.15) is 6.92 Å². The van der Waals surface area contributed by atoms with E-state index in [4.69, 9.17) is 0 Å². The fraction of sp³-hybridized carbons (Fsp3) is 0.429. The fourth-order valence-corrected chi connectivity index (χ4v) is 0.427. The molecule has 0 radical (unpaired) electrons. The Morgan fingerprint density at radius 3 is 2.21 bits per heavy atom. The highest BCUT2D eigenvalue weighted by molar-refractivity contribution is 6.18. The van der Waals surface area contributed by atoms with Crippen molar-refractivity contribution in [2.75, 3.05) is 6.61 Å². The molecule has 0 rings (SSSR count). The fourth-order valence-electron chi connectivity index (χ4n) is 0.427. The molecule has 7 heteroatoms. The molecule has 0 aliphatic rings. The van der Waals surface area contributed by atoms with Crippen LogP contribution in [-0.4, -0.2) is 24.5 Å². The molecule has 0 saturated heterocycles. The second-order valence-electron chi connectivity index (χ2n) is 2.08. The number of alkyl halides is 3. The number of hydrogen-bond acceptors (Lipinski definition) is 4. The molecule has 0 fully saturated rings. The third-order valence-corrected chi connectivity index (χ3v) is 1.03. The van der Waals surface area contributed by atoms with Gasteiger partial charge in [-0.15, -0.1) is 0 Å². The van der Waals surface area contributed by atoms with E-state index in [2.05, 4.69) is 16.4 Å². The maximum absolute atomic E-state index is 11.7. The first kappa shape index (κ1) is 12.6. The van der Waals surface area contributed by atoms with Crippen molar-refractivity contribution in [3.63, 3.8) is 0 Å². The molecule has 4 nitrogen and oxygen atoms in total. The molecule has 0 unspecified atom stereocenters. The standard InChI is InChI=1S/C7H7F3O4/c1-3-13-14-6(12)4(2)5(11)7(8,9)10/h2-3H2,1H3. The van der Waals surface area contributed by atoms with Crippen molar-refractivity contribution in [3.8, 4) is 0 Å². The van der Waals surface area contributed by atoms with Crippen LogP contribution in [0.4, 0.5) is 13.2 Å². The Morgan fingerprint density at radius 2 is 1.86 bits per heavy atom. The third-order valence-electron chi connectivity index (χ3n) is 1.03. The lowest BCUT2D eigenvalue weighted by Gasteiger charge is -2.06. The molecular formula is C7H7F3O4. The molecular weight excluding hydrogens is 205 g/mol. The predicted octanol–water partition coefficient (Wildman–Crippen LogP) is 1.17. The molecule has 0 aromatic rings. The number of rotatable bonds is 4. The lowest BCUT2D eigenvalue weighted by Crippen LogP contribution is -2.28. The topological polar surface area (TPSA) is 52.6 Å². The first-order valence-electron chi connectivity index (χ1n) is 3.45. The van der Waals surface area contributed by atoms with E-state index in [1.807, 2.05) is 0 Å². The summed E-state index contributed by atoms with van der Waals surface area (Å²) in [6, 6.07) is 0. The molecule has 0 amide bonds. The van der Waals surface area contributed by atoms with Gasteiger partial charge in [-0.05, 0) is 6.92 Å². The number of halogens is 3. The summed E-state index contributed by atoms with van der Waals surface area (Å²) in [5.41, 5.74) is -1.31. The minimum atomic E-state index is -5.14. The summed E-state index contributed by atoms with van der Waals surface area (Å²) in [7, 11) is 0. The van der Waals surface area contributed by atoms with Crippen LogP contribution >= 0.6 is 0 Å². The van der Waals surface area contributed by atoms with Crippen molar-refractivity contribution in [2.45, 2.75) is 13.1 Å². The zero-order chi connectivity index (χ0) is 11.4. The van der Waals surface area contributed by atoms with Gasteiger partial charge in [-0.3, -0.25) is 9.68 Å². The van der Waals surface area contributed by atoms with E-state index < -0.39 is 23.5 Å². The highest BCUT2D eigenvalue weighted by atomic mass is 19.4. The average molecular weight is 212 g/mol. The van der Waals surface area contributed by atoms with Crippen LogP contribution in [0.3, 0.4) is 0 Å². The number of ketones is 1. The van der Waals surface area contributed by atoms with Crippen LogP contribution in [0, 0.1) is 0 Å². The Bertz CT molecular complexity index is 256. The molecule has 0 saturated carbocycles. The third kappa shape index (κ3) is 3.56. The maximum Gasteiger partial charge on any atom is 0.455 e. The highest BCUT2D eigenvalue weighted by Crippen LogP contribution is 2.20. The van der Waals surface area contributed by atoms with E-state index in [1.165, 1.54) is 6.92 Å². The van der Waals surface area contributed by atoms with Gasteiger partial charge >= 0.3 is 12.1 Å². The van der Waals surface area contributed by atoms with Gasteiger partial charge in [-0.1, -0.05) is 6.58 Å². The number of carbonyl (C=O) groups excluding carboxylic acids is 2. The summed E-state index contributed by atoms with van der Waals surface area (Å²) in [6.07, 6.45) is -5.14. The molecule has 0 heterocycles. The van der Waals surface area contributed by atoms with Gasteiger partial charge in [0.05, 0.1) is 6.61 Å². The summed E-state index contributed by atoms with van der Waals surface area (Å²) < 4.78 is 35.2. The molecule has 0 aliphatic carbocycles. The Labute approximate surface area is 77.2 Å². The van der Waals surface area contributed by atoms with Crippen LogP contribution in [0.5, 0.6) is 0 Å². The van der Waals surface area contributed by atoms with E-state index in [1.54, 1.807) is 0 Å². The Balaban J connectivity index is 4.34. The van der Waals surface area contributed by atoms with E-state index in [-0.39, 0.29) is 6.61 Å². The monoisotopic (exact) mass is 212 g/mol. The quantitative estimate of drug-likeness (QED) is 0.231. The van der Waals surface area contributed by atoms with E-state index in [0.29, 0.717) is 0 Å². The first-order valence-corrected chi connectivity index (χ1v) is 3.45. The van der Waals surface area contributed by atoms with Gasteiger partial charge in [-0.25, -0.2) is 4.79 Å². The molecule has 0 atom stereocenters. The van der Waals surface area contributed by atoms with Crippen LogP contribution in [0.25, 0.3) is 0 Å². The zero-order valence-electron chi connectivity index (χ0n) is 7.18. The highest BCUT2D eigenvalue weighted by Gasteiger charge is 2.42. The SMILES string of the molecule is C=C(C(=O)OOCC)C(=O)C(F)(F)F. The first-order chi connectivity index (χ1) is 6.30. The lowest BCUT2D eigenvalue weighted by molar-refractivity contribution is -0.265. The van der Waals surface area contributed by atoms with Gasteiger partial charge in [0.25, 0.3) is 5.78 Å². The van der Waals surface area contributed by atoms with Gasteiger partial charge in [-0.2, -0.15) is 18.1 Å². The molecule has 0 spiro atoms. The van der Waals surface area contributed by atoms with Crippen LogP contribution in [0.2, 0.25) is 0 Å². The summed E-state index contributed by atoms with van der Waals surface area (Å²) in [5, 5.41) is 0. The van der Waals surface area contributed by atoms with Crippen molar-refractivity contribution in [1.29, 1.82) is 0 Å². The van der Waals surface area contributed by atoms with E-state index >= 15 is 0 Å². The van der Waals surface area contributed by atoms with Crippen LogP contribution in [-0.2, 0) is 19.4 Å². The van der Waals surface area contributed by atoms with Gasteiger partial charge in [0.2, 0.25) is 0 Å². The number of carbonyl (C=O) groups is 2. The summed E-state index contributed by atoms with van der Waals surface area (Å²) in [4.78, 5) is 28.9. The molecule has 0 bridgehead atoms. The van der Waals surface area contributed by atoms with Crippen molar-refractivity contribution >= 4 is 11.8 Å². The van der Waals surface area contributed by atoms with Crippen molar-refractivity contribution in [1.82, 2.24) is 0 Å². The summed E-state index contributed by atoms with van der Waals surface area (Å²) in [6.45, 7) is 4.05. The normalized spacial score (nSPS) is 10.9. The number of Topliss-reactive ketones (excluding diaryl/α,β-unsaturated/α-hetero) is 1. The van der Waals surface area contributed by atoms with E-state index in [0.717, 1.165) is 0 Å². The van der Waals surface area contributed by atoms with Gasteiger partial charge in [0, 0.05) is 0 Å². The van der Waals surface area contributed by atoms with Gasteiger partial charge < -0.3 is 0 Å². The molecule has 80 valence electrons. The second kappa shape index (κ2) is 4.75. The predicted molar refractivity (Wildman–Crippen MR) is 37.9 cm³/mol. The average Bonchev–Trinajstić information content (AvgIpc) is 2.10. The Kier molecular flexibility index (Phi) is 4.29. The minimum Gasteiger partial charge on any atom is -0.293 e. The zero-order valence-corrected chi connectivity index (χ0v) is 7.18. The summed E-state index contributed by atoms with van der Waals surface area (Å²) in [5.74, 6) is -3.89. The smallest absolute Gasteiger partial charge is 0.293 e. The minimum absolute atomic E-state index is 0.0424. The van der Waals surface area contributed by atoms with Crippen molar-refractivity contribution < 1.29 is 32.5 Å². The van der Waals surface area contributed by atoms with Crippen molar-refractivity contribution in [2.24, 2.45) is 0 Å².